The Hall–Kier alpha value is 0.0700. The summed E-state index contributed by atoms with van der Waals surface area (Å²) in [6.07, 6.45) is -11.3. The van der Waals surface area contributed by atoms with Crippen LogP contribution in [0.15, 0.2) is 0 Å². The third-order valence-corrected chi connectivity index (χ3v) is 4.43. The van der Waals surface area contributed by atoms with Crippen molar-refractivity contribution in [2.24, 2.45) is 0 Å². The van der Waals surface area contributed by atoms with E-state index in [-0.39, 0.29) is 0 Å². The van der Waals surface area contributed by atoms with Crippen LogP contribution < -0.4 is 0 Å². The van der Waals surface area contributed by atoms with Crippen molar-refractivity contribution >= 4 is 37.6 Å². The molecule has 0 amide bonds. The quantitative estimate of drug-likeness (QED) is 0.0904. The number of aliphatic hydroxyl groups is 1. The zero-order valence-corrected chi connectivity index (χ0v) is 16.7. The van der Waals surface area contributed by atoms with Crippen LogP contribution in [-0.4, -0.2) is 81.6 Å². The van der Waals surface area contributed by atoms with Gasteiger partial charge < -0.3 is 49.0 Å². The molecule has 0 saturated carbocycles. The first-order valence-electron chi connectivity index (χ1n) is 6.29. The van der Waals surface area contributed by atoms with E-state index in [4.69, 9.17) is 39.1 Å². The van der Waals surface area contributed by atoms with Crippen LogP contribution in [0.25, 0.3) is 0 Å². The summed E-state index contributed by atoms with van der Waals surface area (Å²) >= 11 is 0. The summed E-state index contributed by atoms with van der Waals surface area (Å²) in [6, 6.07) is 0. The van der Waals surface area contributed by atoms with Crippen molar-refractivity contribution in [1.82, 2.24) is 0 Å². The van der Waals surface area contributed by atoms with Gasteiger partial charge >= 0.3 is 31.3 Å². The van der Waals surface area contributed by atoms with E-state index in [0.29, 0.717) is 0 Å². The van der Waals surface area contributed by atoms with Crippen LogP contribution in [0.2, 0.25) is 0 Å². The first-order valence-corrected chi connectivity index (χ1v) is 12.4. The van der Waals surface area contributed by atoms with E-state index in [2.05, 4.69) is 18.1 Å². The van der Waals surface area contributed by atoms with Crippen molar-refractivity contribution < 1.29 is 85.4 Å². The predicted octanol–water partition coefficient (Wildman–Crippen LogP) is -2.91. The lowest BCUT2D eigenvalue weighted by Gasteiger charge is -2.33. The summed E-state index contributed by atoms with van der Waals surface area (Å²) in [4.78, 5) is 81.1. The second-order valence-electron chi connectivity index (χ2n) is 4.67. The number of aldehydes is 1. The van der Waals surface area contributed by atoms with Gasteiger partial charge in [0.15, 0.2) is 6.29 Å². The van der Waals surface area contributed by atoms with Crippen LogP contribution >= 0.6 is 31.3 Å². The normalized spacial score (nSPS) is 18.3. The SMILES string of the molecule is O=C[C@@H](O)[C@@H](OP(=O)(O)O)[C@H](OP(=O)(O)O)[C@@H](COP(=O)(O)O)OP(=O)(O)O. The van der Waals surface area contributed by atoms with E-state index < -0.39 is 68.6 Å². The lowest BCUT2D eigenvalue weighted by atomic mass is 10.0. The molecule has 28 heavy (non-hydrogen) atoms. The molecular weight excluding hydrogens is 484 g/mol. The van der Waals surface area contributed by atoms with Gasteiger partial charge in [-0.2, -0.15) is 0 Å². The first kappa shape index (κ1) is 28.1. The van der Waals surface area contributed by atoms with Crippen LogP contribution in [-0.2, 0) is 41.1 Å². The smallest absolute Gasteiger partial charge is 0.383 e. The average Bonchev–Trinajstić information content (AvgIpc) is 2.42. The maximum absolute atomic E-state index is 11.1. The molecule has 22 heteroatoms. The maximum atomic E-state index is 11.1. The number of carbonyl (C=O) groups is 1. The lowest BCUT2D eigenvalue weighted by Crippen LogP contribution is -2.49. The molecule has 0 rings (SSSR count). The Morgan fingerprint density at radius 1 is 0.679 bits per heavy atom. The van der Waals surface area contributed by atoms with Gasteiger partial charge in [-0.3, -0.25) is 18.1 Å². The van der Waals surface area contributed by atoms with Crippen molar-refractivity contribution in [3.05, 3.63) is 0 Å². The predicted molar refractivity (Wildman–Crippen MR) is 80.8 cm³/mol. The fourth-order valence-corrected chi connectivity index (χ4v) is 3.59. The van der Waals surface area contributed by atoms with Crippen LogP contribution in [0.5, 0.6) is 0 Å². The lowest BCUT2D eigenvalue weighted by molar-refractivity contribution is -0.131. The Morgan fingerprint density at radius 2 is 1.07 bits per heavy atom. The Balaban J connectivity index is 6.23. The van der Waals surface area contributed by atoms with Crippen molar-refractivity contribution in [2.75, 3.05) is 6.61 Å². The first-order chi connectivity index (χ1) is 12.2. The number of rotatable bonds is 13. The fraction of sp³-hybridized carbons (Fsp3) is 0.833. The molecule has 0 aromatic heterocycles. The Labute approximate surface area is 155 Å². The topological polar surface area (TPSA) is 304 Å². The summed E-state index contributed by atoms with van der Waals surface area (Å²) in [5.74, 6) is 0. The minimum Gasteiger partial charge on any atom is -0.383 e. The highest BCUT2D eigenvalue weighted by Crippen LogP contribution is 2.48. The molecular formula is C6H16O18P4. The second-order valence-corrected chi connectivity index (χ2v) is 9.48. The van der Waals surface area contributed by atoms with Gasteiger partial charge in [-0.25, -0.2) is 18.3 Å². The molecule has 0 heterocycles. The monoisotopic (exact) mass is 500 g/mol. The molecule has 0 saturated heterocycles. The highest BCUT2D eigenvalue weighted by Gasteiger charge is 2.46. The molecule has 0 aliphatic heterocycles. The molecule has 0 fully saturated rings. The third kappa shape index (κ3) is 13.3. The number of carbonyl (C=O) groups excluding carboxylic acids is 1. The number of aliphatic hydroxyl groups excluding tert-OH is 1. The molecule has 0 aromatic carbocycles. The molecule has 168 valence electrons. The molecule has 0 unspecified atom stereocenters. The summed E-state index contributed by atoms with van der Waals surface area (Å²) in [5.41, 5.74) is 0. The highest BCUT2D eigenvalue weighted by atomic mass is 31.2. The Morgan fingerprint density at radius 3 is 1.39 bits per heavy atom. The summed E-state index contributed by atoms with van der Waals surface area (Å²) < 4.78 is 59.8. The molecule has 18 nitrogen and oxygen atoms in total. The maximum Gasteiger partial charge on any atom is 0.470 e. The Kier molecular flexibility index (Phi) is 10.4. The van der Waals surface area contributed by atoms with Gasteiger partial charge in [0.25, 0.3) is 0 Å². The number of hydrogen-bond acceptors (Lipinski definition) is 10. The molecule has 0 bridgehead atoms. The van der Waals surface area contributed by atoms with Gasteiger partial charge in [0.2, 0.25) is 0 Å². The average molecular weight is 500 g/mol. The van der Waals surface area contributed by atoms with E-state index >= 15 is 0 Å². The fourth-order valence-electron chi connectivity index (χ4n) is 1.58. The second kappa shape index (κ2) is 10.4. The van der Waals surface area contributed by atoms with E-state index in [1.54, 1.807) is 0 Å². The van der Waals surface area contributed by atoms with Crippen LogP contribution in [0, 0.1) is 0 Å². The summed E-state index contributed by atoms with van der Waals surface area (Å²) in [5, 5.41) is 9.51. The van der Waals surface area contributed by atoms with E-state index in [9.17, 15) is 28.2 Å². The van der Waals surface area contributed by atoms with Crippen molar-refractivity contribution in [3.63, 3.8) is 0 Å². The van der Waals surface area contributed by atoms with Gasteiger partial charge in [-0.1, -0.05) is 0 Å². The van der Waals surface area contributed by atoms with Crippen molar-refractivity contribution in [3.8, 4) is 0 Å². The van der Waals surface area contributed by atoms with E-state index in [1.165, 1.54) is 0 Å². The van der Waals surface area contributed by atoms with Crippen molar-refractivity contribution in [1.29, 1.82) is 0 Å². The molecule has 0 spiro atoms. The minimum atomic E-state index is -5.72. The molecule has 0 radical (unpaired) electrons. The standard InChI is InChI=1S/C6H16O18P4/c7-1-3(8)5(23-27(15,16)17)6(24-28(18,19)20)4(22-26(12,13)14)2-21-25(9,10)11/h1,3-6,8H,2H2,(H2,9,10,11)(H2,12,13,14)(H2,15,16,17)(H2,18,19,20)/t3-,4-,5-,6-/m1/s1. The van der Waals surface area contributed by atoms with Gasteiger partial charge in [0.05, 0.1) is 6.61 Å². The number of phosphoric acid groups is 4. The molecule has 0 aliphatic carbocycles. The number of hydrogen-bond donors (Lipinski definition) is 9. The van der Waals surface area contributed by atoms with Crippen molar-refractivity contribution in [2.45, 2.75) is 24.4 Å². The highest BCUT2D eigenvalue weighted by molar-refractivity contribution is 7.47. The van der Waals surface area contributed by atoms with E-state index in [0.717, 1.165) is 0 Å². The van der Waals surface area contributed by atoms with Crippen LogP contribution in [0.3, 0.4) is 0 Å². The van der Waals surface area contributed by atoms with Gasteiger partial charge in [-0.15, -0.1) is 0 Å². The summed E-state index contributed by atoms with van der Waals surface area (Å²) in [7, 11) is -22.4. The molecule has 4 atom stereocenters. The minimum absolute atomic E-state index is 0.464. The zero-order valence-electron chi connectivity index (χ0n) is 13.1. The van der Waals surface area contributed by atoms with Gasteiger partial charge in [-0.05, 0) is 0 Å². The number of phosphoric ester groups is 4. The van der Waals surface area contributed by atoms with Crippen LogP contribution in [0.4, 0.5) is 0 Å². The Bertz CT molecular complexity index is 695. The zero-order chi connectivity index (χ0) is 22.6. The van der Waals surface area contributed by atoms with Gasteiger partial charge in [0.1, 0.15) is 24.4 Å². The molecule has 0 aromatic rings. The van der Waals surface area contributed by atoms with Crippen LogP contribution in [0.1, 0.15) is 0 Å². The van der Waals surface area contributed by atoms with E-state index in [1.807, 2.05) is 0 Å². The van der Waals surface area contributed by atoms with Gasteiger partial charge in [0, 0.05) is 0 Å². The molecule has 0 aliphatic rings. The molecule has 9 N–H and O–H groups in total. The summed E-state index contributed by atoms with van der Waals surface area (Å²) in [6.45, 7) is -1.62. The largest absolute Gasteiger partial charge is 0.470 e. The third-order valence-electron chi connectivity index (χ3n) is 2.36.